The second-order valence-electron chi connectivity index (χ2n) is 13.8. The lowest BCUT2D eigenvalue weighted by atomic mass is 10.1. The molecule has 3 aromatic rings. The number of anilines is 1. The summed E-state index contributed by atoms with van der Waals surface area (Å²) in [6.07, 6.45) is 6.74. The normalized spacial score (nSPS) is 19.1. The summed E-state index contributed by atoms with van der Waals surface area (Å²) in [5.41, 5.74) is 1.89. The number of likely N-dealkylation sites (tertiary alicyclic amines) is 1. The van der Waals surface area contributed by atoms with E-state index in [1.165, 1.54) is 0 Å². The van der Waals surface area contributed by atoms with Gasteiger partial charge in [-0.3, -0.25) is 4.90 Å². The van der Waals surface area contributed by atoms with Crippen LogP contribution in [0.15, 0.2) is 18.5 Å². The van der Waals surface area contributed by atoms with E-state index in [1.54, 1.807) is 42.4 Å². The monoisotopic (exact) mass is 675 g/mol. The number of nitriles is 1. The minimum absolute atomic E-state index is 0.155. The van der Waals surface area contributed by atoms with Crippen molar-refractivity contribution in [3.05, 3.63) is 40.3 Å². The number of unbranched alkanes of at least 4 members (excludes halogenated alkanes) is 1. The average molecular weight is 676 g/mol. The SMILES string of the molecule is CCCCOC(=O)N1C[C@@H](n2nc(C#Cc3cc4ncn(C5CC5)c4cc3Cl)c(C#N)c2N(C(=O)OC(C)(C)C)C2CC2)C[C@@H]1COC. The molecular formula is C35H42ClN7O5. The number of carbonyl (C=O) groups excluding carboxylic acids is 2. The van der Waals surface area contributed by atoms with Crippen LogP contribution in [0.25, 0.3) is 11.0 Å². The summed E-state index contributed by atoms with van der Waals surface area (Å²) in [5, 5.41) is 15.9. The highest BCUT2D eigenvalue weighted by atomic mass is 35.5. The van der Waals surface area contributed by atoms with Crippen molar-refractivity contribution < 1.29 is 23.8 Å². The Kier molecular flexibility index (Phi) is 9.60. The van der Waals surface area contributed by atoms with Gasteiger partial charge in [-0.05, 0) is 77.3 Å². The first-order valence-corrected chi connectivity index (χ1v) is 17.1. The number of rotatable bonds is 9. The predicted molar refractivity (Wildman–Crippen MR) is 180 cm³/mol. The van der Waals surface area contributed by atoms with Gasteiger partial charge in [0.2, 0.25) is 0 Å². The van der Waals surface area contributed by atoms with Crippen molar-refractivity contribution in [3.8, 4) is 17.9 Å². The molecule has 2 saturated carbocycles. The number of amides is 2. The van der Waals surface area contributed by atoms with E-state index in [9.17, 15) is 14.9 Å². The van der Waals surface area contributed by atoms with Crippen molar-refractivity contribution in [2.45, 2.75) is 102 Å². The predicted octanol–water partition coefficient (Wildman–Crippen LogP) is 6.59. The zero-order valence-corrected chi connectivity index (χ0v) is 28.9. The molecule has 0 unspecified atom stereocenters. The first-order chi connectivity index (χ1) is 23.0. The number of hydrogen-bond acceptors (Lipinski definition) is 8. The Labute approximate surface area is 285 Å². The van der Waals surface area contributed by atoms with E-state index in [4.69, 9.17) is 30.9 Å². The summed E-state index contributed by atoms with van der Waals surface area (Å²) >= 11 is 6.71. The number of ether oxygens (including phenoxy) is 3. The molecule has 6 rings (SSSR count). The number of fused-ring (bicyclic) bond motifs is 1. The first kappa shape index (κ1) is 33.6. The molecule has 1 saturated heterocycles. The summed E-state index contributed by atoms with van der Waals surface area (Å²) in [5.74, 6) is 6.52. The van der Waals surface area contributed by atoms with Gasteiger partial charge in [-0.25, -0.2) is 19.3 Å². The smallest absolute Gasteiger partial charge is 0.416 e. The summed E-state index contributed by atoms with van der Waals surface area (Å²) in [4.78, 5) is 34.7. The number of aromatic nitrogens is 4. The van der Waals surface area contributed by atoms with Gasteiger partial charge in [-0.2, -0.15) is 10.4 Å². The number of nitrogens with zero attached hydrogens (tertiary/aromatic N) is 7. The molecule has 0 bridgehead atoms. The van der Waals surface area contributed by atoms with E-state index >= 15 is 0 Å². The quantitative estimate of drug-likeness (QED) is 0.183. The second kappa shape index (κ2) is 13.7. The van der Waals surface area contributed by atoms with Gasteiger partial charge in [0.1, 0.15) is 17.2 Å². The van der Waals surface area contributed by atoms with E-state index < -0.39 is 23.8 Å². The van der Waals surface area contributed by atoms with E-state index in [-0.39, 0.29) is 29.9 Å². The van der Waals surface area contributed by atoms with Crippen LogP contribution in [0.4, 0.5) is 15.4 Å². The van der Waals surface area contributed by atoms with Crippen LogP contribution < -0.4 is 4.90 Å². The van der Waals surface area contributed by atoms with E-state index in [0.29, 0.717) is 42.1 Å². The zero-order valence-electron chi connectivity index (χ0n) is 28.2. The molecule has 2 aromatic heterocycles. The third-order valence-electron chi connectivity index (χ3n) is 8.70. The van der Waals surface area contributed by atoms with Crippen molar-refractivity contribution in [2.75, 3.05) is 31.8 Å². The van der Waals surface area contributed by atoms with Crippen LogP contribution in [-0.2, 0) is 14.2 Å². The van der Waals surface area contributed by atoms with Crippen LogP contribution in [0.3, 0.4) is 0 Å². The van der Waals surface area contributed by atoms with Crippen LogP contribution in [0.2, 0.25) is 5.02 Å². The van der Waals surface area contributed by atoms with Crippen molar-refractivity contribution in [2.24, 2.45) is 0 Å². The van der Waals surface area contributed by atoms with Crippen molar-refractivity contribution >= 4 is 40.6 Å². The van der Waals surface area contributed by atoms with Crippen molar-refractivity contribution in [1.82, 2.24) is 24.2 Å². The molecule has 3 heterocycles. The Morgan fingerprint density at radius 1 is 1.15 bits per heavy atom. The molecule has 1 aromatic carbocycles. The Balaban J connectivity index is 1.41. The molecule has 2 aliphatic carbocycles. The van der Waals surface area contributed by atoms with E-state index in [2.05, 4.69) is 27.5 Å². The molecule has 3 fully saturated rings. The maximum Gasteiger partial charge on any atom is 0.416 e. The third-order valence-corrected chi connectivity index (χ3v) is 9.01. The number of carbonyl (C=O) groups is 2. The topological polar surface area (TPSA) is 128 Å². The lowest BCUT2D eigenvalue weighted by molar-refractivity contribution is 0.0573. The van der Waals surface area contributed by atoms with Crippen LogP contribution in [0.5, 0.6) is 0 Å². The second-order valence-corrected chi connectivity index (χ2v) is 14.2. The van der Waals surface area contributed by atoms with Gasteiger partial charge in [0, 0.05) is 31.3 Å². The lowest BCUT2D eigenvalue weighted by Crippen LogP contribution is -2.40. The van der Waals surface area contributed by atoms with E-state index in [1.807, 2.05) is 25.4 Å². The highest BCUT2D eigenvalue weighted by Gasteiger charge is 2.44. The summed E-state index contributed by atoms with van der Waals surface area (Å²) in [6.45, 7) is 8.32. The van der Waals surface area contributed by atoms with Crippen LogP contribution >= 0.6 is 11.6 Å². The van der Waals surface area contributed by atoms with Gasteiger partial charge in [0.25, 0.3) is 0 Å². The molecule has 0 radical (unpaired) electrons. The lowest BCUT2D eigenvalue weighted by Gasteiger charge is -2.29. The van der Waals surface area contributed by atoms with Crippen LogP contribution in [0.1, 0.15) is 102 Å². The number of methoxy groups -OCH3 is 1. The molecule has 1 aliphatic heterocycles. The fourth-order valence-electron chi connectivity index (χ4n) is 6.10. The maximum atomic E-state index is 13.8. The van der Waals surface area contributed by atoms with Gasteiger partial charge in [-0.15, -0.1) is 0 Å². The fraction of sp³-hybridized carbons (Fsp3) is 0.571. The number of hydrogen-bond donors (Lipinski definition) is 0. The average Bonchev–Trinajstić information content (AvgIpc) is 3.94. The zero-order chi connectivity index (χ0) is 34.2. The van der Waals surface area contributed by atoms with Gasteiger partial charge in [0.05, 0.1) is 47.7 Å². The summed E-state index contributed by atoms with van der Waals surface area (Å²) in [7, 11) is 1.59. The number of imidazole rings is 1. The largest absolute Gasteiger partial charge is 0.449 e. The Bertz CT molecular complexity index is 1800. The standard InChI is InChI=1S/C35H42ClN7O5/c1-6-7-14-47-33(44)40-19-25(16-26(40)20-46-5)43-32(42(24-11-12-24)34(45)48-35(2,3)4)27(18-37)29(39-43)13-8-22-15-30-31(17-28(22)36)41(21-38-30)23-9-10-23/h15,17,21,23-26H,6-7,9-12,14,16,19-20H2,1-5H3/t25-,26+/m0/s1. The third kappa shape index (κ3) is 7.11. The maximum absolute atomic E-state index is 13.8. The first-order valence-electron chi connectivity index (χ1n) is 16.7. The van der Waals surface area contributed by atoms with Crippen molar-refractivity contribution in [1.29, 1.82) is 5.26 Å². The Morgan fingerprint density at radius 2 is 1.92 bits per heavy atom. The minimum atomic E-state index is -0.762. The molecule has 48 heavy (non-hydrogen) atoms. The molecule has 13 heteroatoms. The Hall–Kier alpha value is -4.26. The molecule has 12 nitrogen and oxygen atoms in total. The summed E-state index contributed by atoms with van der Waals surface area (Å²) < 4.78 is 20.7. The van der Waals surface area contributed by atoms with Gasteiger partial charge < -0.3 is 23.7 Å². The molecule has 2 atom stereocenters. The molecule has 2 amide bonds. The number of benzene rings is 1. The molecular weight excluding hydrogens is 634 g/mol. The molecule has 0 spiro atoms. The van der Waals surface area contributed by atoms with Crippen molar-refractivity contribution in [3.63, 3.8) is 0 Å². The van der Waals surface area contributed by atoms with Crippen LogP contribution in [-0.4, -0.2) is 81.0 Å². The van der Waals surface area contributed by atoms with Gasteiger partial charge >= 0.3 is 12.2 Å². The molecule has 0 N–H and O–H groups in total. The van der Waals surface area contributed by atoms with Crippen LogP contribution in [0, 0.1) is 23.2 Å². The number of halogens is 1. The summed E-state index contributed by atoms with van der Waals surface area (Å²) in [6, 6.07) is 5.62. The highest BCUT2D eigenvalue weighted by molar-refractivity contribution is 6.32. The van der Waals surface area contributed by atoms with Gasteiger partial charge in [0.15, 0.2) is 11.5 Å². The molecule has 254 valence electrons. The Morgan fingerprint density at radius 3 is 2.56 bits per heavy atom. The van der Waals surface area contributed by atoms with Gasteiger partial charge in [-0.1, -0.05) is 30.9 Å². The fourth-order valence-corrected chi connectivity index (χ4v) is 6.30. The minimum Gasteiger partial charge on any atom is -0.449 e. The highest BCUT2D eigenvalue weighted by Crippen LogP contribution is 2.40. The molecule has 3 aliphatic rings. The van der Waals surface area contributed by atoms with E-state index in [0.717, 1.165) is 49.6 Å².